The number of hydrogen-bond acceptors (Lipinski definition) is 4. The molecule has 11 aromatic rings. The first-order valence-corrected chi connectivity index (χ1v) is 20.6. The molecule has 0 amide bonds. The van der Waals surface area contributed by atoms with Crippen molar-refractivity contribution in [1.82, 2.24) is 28.9 Å². The van der Waals surface area contributed by atoms with Gasteiger partial charge >= 0.3 is 0 Å². The largest absolute Gasteiger partial charge is 0.300 e. The molecule has 0 radical (unpaired) electrons. The summed E-state index contributed by atoms with van der Waals surface area (Å²) in [5.74, 6) is 1.36. The summed E-state index contributed by atoms with van der Waals surface area (Å²) in [4.78, 5) is 20.8. The molecule has 0 fully saturated rings. The number of pyridine rings is 1. The molecule has 0 aliphatic rings. The predicted molar refractivity (Wildman–Crippen MR) is 256 cm³/mol. The molecule has 0 spiro atoms. The molecule has 0 aliphatic carbocycles. The molecule has 0 saturated heterocycles. The van der Waals surface area contributed by atoms with Gasteiger partial charge in [-0.05, 0) is 70.1 Å². The van der Waals surface area contributed by atoms with Gasteiger partial charge in [0, 0.05) is 51.3 Å². The maximum Gasteiger partial charge on any atom is 0.160 e. The van der Waals surface area contributed by atoms with Crippen molar-refractivity contribution in [2.75, 3.05) is 0 Å². The van der Waals surface area contributed by atoms with E-state index in [4.69, 9.17) is 19.9 Å². The molecule has 0 N–H and O–H groups in total. The van der Waals surface area contributed by atoms with Gasteiger partial charge in [0.1, 0.15) is 11.5 Å². The van der Waals surface area contributed by atoms with Gasteiger partial charge in [-0.3, -0.25) is 8.97 Å². The van der Waals surface area contributed by atoms with Gasteiger partial charge in [-0.15, -0.1) is 0 Å². The molecule has 7 aromatic carbocycles. The first kappa shape index (κ1) is 36.6. The zero-order chi connectivity index (χ0) is 41.6. The van der Waals surface area contributed by atoms with Crippen LogP contribution < -0.4 is 0 Å². The summed E-state index contributed by atoms with van der Waals surface area (Å²) < 4.78 is 4.19. The monoisotopic (exact) mass is 794 g/mol. The van der Waals surface area contributed by atoms with E-state index in [9.17, 15) is 0 Å². The lowest BCUT2D eigenvalue weighted by Gasteiger charge is -2.12. The van der Waals surface area contributed by atoms with Crippen molar-refractivity contribution in [3.63, 3.8) is 0 Å². The fraction of sp³-hybridized carbons (Fsp3) is 0. The van der Waals surface area contributed by atoms with Crippen LogP contribution in [0.25, 0.3) is 118 Å². The van der Waals surface area contributed by atoms with Crippen molar-refractivity contribution >= 4 is 39.5 Å². The maximum atomic E-state index is 5.22. The summed E-state index contributed by atoms with van der Waals surface area (Å²) in [6.07, 6.45) is 5.66. The van der Waals surface area contributed by atoms with Gasteiger partial charge in [-0.2, -0.15) is 0 Å². The van der Waals surface area contributed by atoms with Gasteiger partial charge in [-0.1, -0.05) is 159 Å². The molecule has 6 nitrogen and oxygen atoms in total. The van der Waals surface area contributed by atoms with E-state index in [1.54, 1.807) is 12.3 Å². The van der Waals surface area contributed by atoms with E-state index < -0.39 is 0 Å². The minimum absolute atomic E-state index is 0.639. The Labute approximate surface area is 359 Å². The van der Waals surface area contributed by atoms with Crippen LogP contribution >= 0.6 is 0 Å². The van der Waals surface area contributed by atoms with Crippen LogP contribution in [0.4, 0.5) is 0 Å². The van der Waals surface area contributed by atoms with Crippen molar-refractivity contribution in [2.45, 2.75) is 0 Å². The first-order valence-electron chi connectivity index (χ1n) is 20.6. The molecule has 0 aliphatic heterocycles. The number of rotatable bonds is 9. The number of benzene rings is 7. The van der Waals surface area contributed by atoms with E-state index in [2.05, 4.69) is 188 Å². The van der Waals surface area contributed by atoms with Crippen molar-refractivity contribution in [2.24, 2.45) is 0 Å². The highest BCUT2D eigenvalue weighted by Crippen LogP contribution is 2.39. The van der Waals surface area contributed by atoms with Crippen LogP contribution in [0.2, 0.25) is 0 Å². The Morgan fingerprint density at radius 3 is 1.53 bits per heavy atom. The highest BCUT2D eigenvalue weighted by Gasteiger charge is 2.21. The fourth-order valence-electron chi connectivity index (χ4n) is 8.51. The number of nitrogens with zero attached hydrogens (tertiary/aromatic N) is 6. The molecule has 0 unspecified atom stereocenters. The lowest BCUT2D eigenvalue weighted by Crippen LogP contribution is -1.97. The van der Waals surface area contributed by atoms with Crippen molar-refractivity contribution in [3.8, 4) is 78.9 Å². The second-order valence-electron chi connectivity index (χ2n) is 15.3. The summed E-state index contributed by atoms with van der Waals surface area (Å²) in [5, 5.41) is 4.71. The number of fused-ring (bicyclic) bond motifs is 3. The summed E-state index contributed by atoms with van der Waals surface area (Å²) in [5.41, 5.74) is 13.1. The van der Waals surface area contributed by atoms with Gasteiger partial charge in [0.05, 0.1) is 34.2 Å². The Balaban J connectivity index is 1.05. The van der Waals surface area contributed by atoms with E-state index in [0.717, 1.165) is 84.1 Å². The molecule has 4 heterocycles. The Morgan fingerprint density at radius 1 is 0.387 bits per heavy atom. The van der Waals surface area contributed by atoms with Gasteiger partial charge in [-0.25, -0.2) is 19.9 Å². The summed E-state index contributed by atoms with van der Waals surface area (Å²) >= 11 is 0. The van der Waals surface area contributed by atoms with Crippen molar-refractivity contribution in [3.05, 3.63) is 213 Å². The first-order chi connectivity index (χ1) is 30.6. The number of imidazole rings is 2. The molecule has 0 bridgehead atoms. The molecule has 0 saturated carbocycles. The maximum absolute atomic E-state index is 5.22. The molecule has 6 heteroatoms. The van der Waals surface area contributed by atoms with E-state index >= 15 is 0 Å². The standard InChI is InChI=1S/C56H38N6/c1-3-50-59-52(54(61(50)4-2)46-29-27-37-16-8-10-20-40(37)32-46)44-24-14-22-42(34-44)48-36-49(58-56(57-48)39-18-6-5-7-19-39)43-23-15-25-45(35-43)53-55(62-31-13-12-26-51(62)60-53)47-30-28-38-17-9-11-21-41(38)33-47/h3-36H,1-2H2. The normalized spacial score (nSPS) is 11.4. The third-order valence-corrected chi connectivity index (χ3v) is 11.5. The quantitative estimate of drug-likeness (QED) is 0.146. The van der Waals surface area contributed by atoms with E-state index in [1.165, 1.54) is 16.2 Å². The van der Waals surface area contributed by atoms with E-state index in [0.29, 0.717) is 11.6 Å². The summed E-state index contributed by atoms with van der Waals surface area (Å²) in [6, 6.07) is 65.3. The topological polar surface area (TPSA) is 60.9 Å². The van der Waals surface area contributed by atoms with E-state index in [1.807, 2.05) is 28.8 Å². The Bertz CT molecular complexity index is 3520. The van der Waals surface area contributed by atoms with Crippen molar-refractivity contribution < 1.29 is 0 Å². The average molecular weight is 795 g/mol. The van der Waals surface area contributed by atoms with Gasteiger partial charge < -0.3 is 0 Å². The molecule has 62 heavy (non-hydrogen) atoms. The smallest absolute Gasteiger partial charge is 0.160 e. The molecule has 0 atom stereocenters. The molecular weight excluding hydrogens is 757 g/mol. The lowest BCUT2D eigenvalue weighted by molar-refractivity contribution is 1.12. The lowest BCUT2D eigenvalue weighted by atomic mass is 9.98. The molecular formula is C56H38N6. The van der Waals surface area contributed by atoms with Crippen LogP contribution in [-0.2, 0) is 0 Å². The highest BCUT2D eigenvalue weighted by atomic mass is 15.1. The number of hydrogen-bond donors (Lipinski definition) is 0. The van der Waals surface area contributed by atoms with Gasteiger partial charge in [0.25, 0.3) is 0 Å². The average Bonchev–Trinajstić information content (AvgIpc) is 3.93. The molecule has 11 rings (SSSR count). The minimum atomic E-state index is 0.639. The van der Waals surface area contributed by atoms with Gasteiger partial charge in [0.15, 0.2) is 5.82 Å². The summed E-state index contributed by atoms with van der Waals surface area (Å²) in [7, 11) is 0. The predicted octanol–water partition coefficient (Wildman–Crippen LogP) is 14.0. The van der Waals surface area contributed by atoms with Crippen molar-refractivity contribution in [1.29, 1.82) is 0 Å². The van der Waals surface area contributed by atoms with Crippen LogP contribution in [-0.4, -0.2) is 28.9 Å². The SMILES string of the molecule is C=Cc1nc(-c2cccc(-c3cc(-c4cccc(-c5nc6ccccn6c5-c5ccc6ccccc6c5)c4)nc(-c4ccccc4)n3)c2)c(-c2ccc3ccccc3c2)n1C=C. The zero-order valence-electron chi connectivity index (χ0n) is 33.7. The highest BCUT2D eigenvalue weighted by molar-refractivity contribution is 5.93. The third kappa shape index (κ3) is 6.47. The van der Waals surface area contributed by atoms with Gasteiger partial charge in [0.2, 0.25) is 0 Å². The fourth-order valence-corrected chi connectivity index (χ4v) is 8.51. The zero-order valence-corrected chi connectivity index (χ0v) is 33.7. The third-order valence-electron chi connectivity index (χ3n) is 11.5. The second-order valence-corrected chi connectivity index (χ2v) is 15.3. The van der Waals surface area contributed by atoms with Crippen LogP contribution in [0.15, 0.2) is 207 Å². The molecule has 4 aromatic heterocycles. The summed E-state index contributed by atoms with van der Waals surface area (Å²) in [6.45, 7) is 8.25. The van der Waals surface area contributed by atoms with Crippen LogP contribution in [0.1, 0.15) is 5.82 Å². The van der Waals surface area contributed by atoms with E-state index in [-0.39, 0.29) is 0 Å². The molecule has 292 valence electrons. The van der Waals surface area contributed by atoms with Crippen LogP contribution in [0.5, 0.6) is 0 Å². The van der Waals surface area contributed by atoms with Crippen LogP contribution in [0, 0.1) is 0 Å². The minimum Gasteiger partial charge on any atom is -0.300 e. The Kier molecular flexibility index (Phi) is 9.02. The number of aromatic nitrogens is 6. The Morgan fingerprint density at radius 2 is 0.919 bits per heavy atom. The van der Waals surface area contributed by atoms with Crippen LogP contribution in [0.3, 0.4) is 0 Å². The Hall–Kier alpha value is -8.48. The second kappa shape index (κ2) is 15.3.